The van der Waals surface area contributed by atoms with Crippen molar-refractivity contribution in [3.63, 3.8) is 0 Å². The van der Waals surface area contributed by atoms with Crippen molar-refractivity contribution < 1.29 is 19.8 Å². The van der Waals surface area contributed by atoms with Gasteiger partial charge in [0.05, 0.1) is 0 Å². The minimum absolute atomic E-state index is 0.329. The van der Waals surface area contributed by atoms with Crippen LogP contribution in [-0.4, -0.2) is 32.6 Å². The van der Waals surface area contributed by atoms with Gasteiger partial charge in [0.1, 0.15) is 6.10 Å². The van der Waals surface area contributed by atoms with Crippen LogP contribution in [-0.2, 0) is 9.59 Å². The molecule has 1 aromatic carbocycles. The van der Waals surface area contributed by atoms with Crippen LogP contribution in [0.15, 0.2) is 30.3 Å². The number of benzene rings is 1. The van der Waals surface area contributed by atoms with E-state index in [1.807, 2.05) is 0 Å². The summed E-state index contributed by atoms with van der Waals surface area (Å²) in [4.78, 5) is 21.0. The number of hydrogen-bond donors (Lipinski definition) is 3. The molecule has 5 nitrogen and oxygen atoms in total. The molecule has 4 N–H and O–H groups in total. The summed E-state index contributed by atoms with van der Waals surface area (Å²) < 4.78 is 0. The molecular weight excluding hydrogens is 254 g/mol. The van der Waals surface area contributed by atoms with Crippen molar-refractivity contribution in [2.75, 3.05) is 5.75 Å². The lowest BCUT2D eigenvalue weighted by Crippen LogP contribution is -2.54. The second kappa shape index (κ2) is 5.99. The highest BCUT2D eigenvalue weighted by molar-refractivity contribution is 8.02. The van der Waals surface area contributed by atoms with E-state index < -0.39 is 22.7 Å². The van der Waals surface area contributed by atoms with E-state index in [1.165, 1.54) is 0 Å². The molecule has 2 unspecified atom stereocenters. The minimum Gasteiger partial charge on any atom is -0.479 e. The molecule has 18 heavy (non-hydrogen) atoms. The Bertz CT molecular complexity index is 437. The first-order valence-corrected chi connectivity index (χ1v) is 6.35. The van der Waals surface area contributed by atoms with E-state index in [1.54, 1.807) is 37.3 Å². The molecule has 0 saturated carbocycles. The van der Waals surface area contributed by atoms with Crippen LogP contribution >= 0.6 is 11.8 Å². The monoisotopic (exact) mass is 269 g/mol. The number of hydrogen-bond acceptors (Lipinski definition) is 5. The van der Waals surface area contributed by atoms with E-state index in [9.17, 15) is 14.7 Å². The smallest absolute Gasteiger partial charge is 0.342 e. The Balaban J connectivity index is 3.01. The second-order valence-electron chi connectivity index (χ2n) is 3.65. The predicted octanol–water partition coefficient (Wildman–Crippen LogP) is 0.782. The van der Waals surface area contributed by atoms with Gasteiger partial charge in [-0.15, -0.1) is 11.8 Å². The molecule has 2 atom stereocenters. The molecule has 0 aliphatic rings. The van der Waals surface area contributed by atoms with Crippen molar-refractivity contribution in [3.05, 3.63) is 35.9 Å². The lowest BCUT2D eigenvalue weighted by molar-refractivity contribution is -0.146. The average molecular weight is 269 g/mol. The van der Waals surface area contributed by atoms with Gasteiger partial charge in [0, 0.05) is 0 Å². The van der Waals surface area contributed by atoms with E-state index in [2.05, 4.69) is 0 Å². The first-order valence-electron chi connectivity index (χ1n) is 5.37. The zero-order chi connectivity index (χ0) is 13.8. The molecule has 1 aromatic rings. The number of carboxylic acids is 1. The maximum absolute atomic E-state index is 12.0. The Morgan fingerprint density at radius 1 is 1.39 bits per heavy atom. The lowest BCUT2D eigenvalue weighted by atomic mass is 10.0. The predicted molar refractivity (Wildman–Crippen MR) is 69.1 cm³/mol. The fourth-order valence-electron chi connectivity index (χ4n) is 1.46. The quantitative estimate of drug-likeness (QED) is 0.521. The molecule has 6 heteroatoms. The van der Waals surface area contributed by atoms with Gasteiger partial charge in [0.25, 0.3) is 0 Å². The highest BCUT2D eigenvalue weighted by atomic mass is 32.2. The molecule has 0 aromatic heterocycles. The topological polar surface area (TPSA) is 101 Å². The Labute approximate surface area is 109 Å². The summed E-state index contributed by atoms with van der Waals surface area (Å²) in [5.74, 6) is -2.02. The molecular formula is C12H15NO4S. The normalized spacial score (nSPS) is 15.7. The van der Waals surface area contributed by atoms with Crippen LogP contribution in [0.2, 0.25) is 0 Å². The Morgan fingerprint density at radius 2 is 1.94 bits per heavy atom. The standard InChI is InChI=1S/C12H15NO4S/c1-2-18-12(13,11(16)17)10(15)9(14)8-6-4-3-5-7-8/h3-7,9,14H,2,13H2,1H3,(H,16,17). The number of nitrogens with two attached hydrogens (primary N) is 1. The van der Waals surface area contributed by atoms with Gasteiger partial charge >= 0.3 is 5.97 Å². The van der Waals surface area contributed by atoms with E-state index in [0.29, 0.717) is 11.3 Å². The number of aliphatic hydroxyl groups excluding tert-OH is 1. The van der Waals surface area contributed by atoms with Crippen molar-refractivity contribution in [2.45, 2.75) is 17.9 Å². The summed E-state index contributed by atoms with van der Waals surface area (Å²) >= 11 is 0.787. The number of aliphatic carboxylic acids is 1. The highest BCUT2D eigenvalue weighted by Crippen LogP contribution is 2.27. The van der Waals surface area contributed by atoms with Crippen molar-refractivity contribution in [1.29, 1.82) is 0 Å². The van der Waals surface area contributed by atoms with E-state index >= 15 is 0 Å². The van der Waals surface area contributed by atoms with E-state index in [4.69, 9.17) is 10.8 Å². The Hall–Kier alpha value is -1.37. The Kier molecular flexibility index (Phi) is 4.89. The van der Waals surface area contributed by atoms with Crippen LogP contribution in [0.3, 0.4) is 0 Å². The molecule has 0 amide bonds. The molecule has 1 rings (SSSR count). The molecule has 0 heterocycles. The zero-order valence-electron chi connectivity index (χ0n) is 9.87. The fourth-order valence-corrected chi connectivity index (χ4v) is 2.29. The summed E-state index contributed by atoms with van der Waals surface area (Å²) in [6.07, 6.45) is -1.54. The molecule has 0 spiro atoms. The van der Waals surface area contributed by atoms with Gasteiger partial charge in [-0.3, -0.25) is 4.79 Å². The summed E-state index contributed by atoms with van der Waals surface area (Å²) in [6.45, 7) is 1.69. The van der Waals surface area contributed by atoms with Crippen LogP contribution in [0.4, 0.5) is 0 Å². The third kappa shape index (κ3) is 2.90. The lowest BCUT2D eigenvalue weighted by Gasteiger charge is -2.24. The second-order valence-corrected chi connectivity index (χ2v) is 5.16. The zero-order valence-corrected chi connectivity index (χ0v) is 10.7. The summed E-state index contributed by atoms with van der Waals surface area (Å²) in [6, 6.07) is 8.12. The van der Waals surface area contributed by atoms with Gasteiger partial charge in [-0.25, -0.2) is 4.79 Å². The number of aliphatic hydroxyl groups is 1. The third-order valence-electron chi connectivity index (χ3n) is 2.42. The van der Waals surface area contributed by atoms with Crippen LogP contribution in [0.5, 0.6) is 0 Å². The van der Waals surface area contributed by atoms with Crippen LogP contribution in [0.25, 0.3) is 0 Å². The summed E-state index contributed by atoms with van der Waals surface area (Å²) in [5.41, 5.74) is 5.92. The number of ketones is 1. The fraction of sp³-hybridized carbons (Fsp3) is 0.333. The van der Waals surface area contributed by atoms with Gasteiger partial charge < -0.3 is 15.9 Å². The van der Waals surface area contributed by atoms with E-state index in [0.717, 1.165) is 11.8 Å². The largest absolute Gasteiger partial charge is 0.479 e. The van der Waals surface area contributed by atoms with Crippen molar-refractivity contribution in [3.8, 4) is 0 Å². The van der Waals surface area contributed by atoms with Crippen molar-refractivity contribution in [1.82, 2.24) is 0 Å². The Morgan fingerprint density at radius 3 is 2.39 bits per heavy atom. The molecule has 0 aliphatic heterocycles. The molecule has 0 aliphatic carbocycles. The summed E-state index contributed by atoms with van der Waals surface area (Å²) in [5, 5.41) is 18.9. The molecule has 0 fully saturated rings. The van der Waals surface area contributed by atoms with Crippen LogP contribution in [0, 0.1) is 0 Å². The van der Waals surface area contributed by atoms with Gasteiger partial charge in [-0.2, -0.15) is 0 Å². The van der Waals surface area contributed by atoms with Crippen molar-refractivity contribution >= 4 is 23.5 Å². The summed E-state index contributed by atoms with van der Waals surface area (Å²) in [7, 11) is 0. The molecule has 98 valence electrons. The number of Topliss-reactive ketones (excluding diaryl/α,β-unsaturated/α-hetero) is 1. The number of rotatable bonds is 6. The molecule has 0 radical (unpaired) electrons. The van der Waals surface area contributed by atoms with Gasteiger partial charge in [0.2, 0.25) is 10.7 Å². The number of carbonyl (C=O) groups is 2. The SMILES string of the molecule is CCSC(N)(C(=O)O)C(=O)C(O)c1ccccc1. The number of carbonyl (C=O) groups excluding carboxylic acids is 1. The van der Waals surface area contributed by atoms with Gasteiger partial charge in [-0.05, 0) is 11.3 Å². The van der Waals surface area contributed by atoms with Gasteiger partial charge in [-0.1, -0.05) is 37.3 Å². The first kappa shape index (κ1) is 14.7. The van der Waals surface area contributed by atoms with Crippen LogP contribution < -0.4 is 5.73 Å². The number of carboxylic acid groups (broad SMARTS) is 1. The molecule has 0 bridgehead atoms. The van der Waals surface area contributed by atoms with Crippen molar-refractivity contribution in [2.24, 2.45) is 5.73 Å². The van der Waals surface area contributed by atoms with Gasteiger partial charge in [0.15, 0.2) is 0 Å². The number of thioether (sulfide) groups is 1. The maximum atomic E-state index is 12.0. The average Bonchev–Trinajstić information content (AvgIpc) is 2.38. The van der Waals surface area contributed by atoms with Crippen LogP contribution in [0.1, 0.15) is 18.6 Å². The first-order chi connectivity index (χ1) is 8.43. The minimum atomic E-state index is -2.12. The highest BCUT2D eigenvalue weighted by Gasteiger charge is 2.45. The molecule has 0 saturated heterocycles. The maximum Gasteiger partial charge on any atom is 0.342 e. The van der Waals surface area contributed by atoms with E-state index in [-0.39, 0.29) is 0 Å². The third-order valence-corrected chi connectivity index (χ3v) is 3.54.